The molecule has 562 valence electrons. The number of rotatable bonds is 0. The van der Waals surface area contributed by atoms with E-state index in [2.05, 4.69) is 381 Å². The van der Waals surface area contributed by atoms with Crippen molar-refractivity contribution in [1.82, 2.24) is 29.4 Å². The molecule has 0 spiro atoms. The molecule has 9 aliphatic rings. The fourth-order valence-corrected chi connectivity index (χ4v) is 15.7. The summed E-state index contributed by atoms with van der Waals surface area (Å²) in [5.74, 6) is 4.86. The Labute approximate surface area is 612 Å². The molecule has 9 heterocycles. The molecule has 14 nitrogen and oxygen atoms in total. The van der Waals surface area contributed by atoms with Crippen LogP contribution in [0.1, 0.15) is 291 Å². The van der Waals surface area contributed by atoms with E-state index in [1.807, 2.05) is 68.1 Å². The molecule has 0 aliphatic carbocycles. The summed E-state index contributed by atoms with van der Waals surface area (Å²) in [6.45, 7) is 107. The van der Waals surface area contributed by atoms with Gasteiger partial charge in [-0.2, -0.15) is 0 Å². The molecule has 0 N–H and O–H groups in total. The summed E-state index contributed by atoms with van der Waals surface area (Å²) >= 11 is 5.63. The van der Waals surface area contributed by atoms with Gasteiger partial charge in [0.1, 0.15) is 17.0 Å². The van der Waals surface area contributed by atoms with Gasteiger partial charge in [0.25, 0.3) is 0 Å². The molecule has 17 heteroatoms. The fraction of sp³-hybridized carbons (Fsp3) is 0.825. The normalized spacial score (nSPS) is 27.4. The average molecular weight is 1410 g/mol. The molecule has 9 rings (SSSR count). The van der Waals surface area contributed by atoms with E-state index in [4.69, 9.17) is 14.5 Å². The van der Waals surface area contributed by atoms with Crippen LogP contribution in [0.5, 0.6) is 0 Å². The van der Waals surface area contributed by atoms with Gasteiger partial charge in [-0.3, -0.25) is 25.0 Å². The Morgan fingerprint density at radius 2 is 0.722 bits per heavy atom. The van der Waals surface area contributed by atoms with Crippen LogP contribution in [0, 0.1) is 10.8 Å². The van der Waals surface area contributed by atoms with E-state index in [1.54, 1.807) is 0 Å². The number of hydrogen-bond acceptors (Lipinski definition) is 17. The van der Waals surface area contributed by atoms with E-state index in [9.17, 15) is 0 Å². The zero-order chi connectivity index (χ0) is 78.0. The minimum atomic E-state index is -0.142. The lowest BCUT2D eigenvalue weighted by Gasteiger charge is -2.43. The second-order valence-corrected chi connectivity index (χ2v) is 42.7. The highest BCUT2D eigenvalue weighted by Crippen LogP contribution is 2.55. The van der Waals surface area contributed by atoms with Gasteiger partial charge in [0.15, 0.2) is 11.8 Å². The first kappa shape index (κ1) is 91.4. The number of likely N-dealkylation sites (N-methyl/N-ethyl adjacent to an activating group) is 5. The SMILES string of the molecule is C=C1N(C)C(C)(C)C(C)(C)N1C.C=C1N(C)C(C)=NC1(C)C.C=C1OC(C)(C)C(C)(C)N1C.C=C1SC(C)(C)C(C)(C)N1C.CC1=NC(C)(C)C(C)(C)C1(C)C.CC1=NC(C)(C)C(C)(C)N1C.CC1=NC(C)(C)C(C)(C)O1.CC1=NC(C)(C)C(C)(C)S1.CC1=NC(C)(C)C(C)(C)S1. The van der Waals surface area contributed by atoms with Crippen LogP contribution in [-0.4, -0.2) is 191 Å². The summed E-state index contributed by atoms with van der Waals surface area (Å²) in [5, 5.41) is 3.62. The first-order valence-electron chi connectivity index (χ1n) is 35.3. The van der Waals surface area contributed by atoms with Gasteiger partial charge in [0.2, 0.25) is 0 Å². The summed E-state index contributed by atoms with van der Waals surface area (Å²) in [6, 6.07) is 0. The zero-order valence-corrected chi connectivity index (χ0v) is 74.7. The molecule has 97 heavy (non-hydrogen) atoms. The van der Waals surface area contributed by atoms with E-state index < -0.39 is 0 Å². The van der Waals surface area contributed by atoms with Crippen LogP contribution >= 0.6 is 35.3 Å². The zero-order valence-electron chi connectivity index (χ0n) is 72.2. The van der Waals surface area contributed by atoms with Crippen LogP contribution in [0.4, 0.5) is 0 Å². The molecular weight excluding hydrogens is 1260 g/mol. The molecule has 3 saturated heterocycles. The molecule has 0 saturated carbocycles. The number of hydrogen-bond donors (Lipinski definition) is 0. The van der Waals surface area contributed by atoms with Gasteiger partial charge < -0.3 is 38.9 Å². The number of nitrogens with zero attached hydrogens (tertiary/aromatic N) is 12. The Morgan fingerprint density at radius 3 is 0.804 bits per heavy atom. The van der Waals surface area contributed by atoms with Crippen LogP contribution in [0.2, 0.25) is 0 Å². The van der Waals surface area contributed by atoms with E-state index in [0.29, 0.717) is 0 Å². The number of amidine groups is 2. The van der Waals surface area contributed by atoms with Crippen molar-refractivity contribution < 1.29 is 9.47 Å². The van der Waals surface area contributed by atoms with Crippen molar-refractivity contribution in [1.29, 1.82) is 0 Å². The van der Waals surface area contributed by atoms with Gasteiger partial charge in [0, 0.05) is 85.8 Å². The Bertz CT molecular complexity index is 2910. The van der Waals surface area contributed by atoms with E-state index in [0.717, 1.165) is 35.0 Å². The minimum absolute atomic E-state index is 0.0318. The van der Waals surface area contributed by atoms with Gasteiger partial charge in [-0.1, -0.05) is 47.4 Å². The number of ether oxygens (including phenoxy) is 2. The number of aliphatic imine (C=N–C) groups is 6. The first-order valence-corrected chi connectivity index (χ1v) is 37.7. The summed E-state index contributed by atoms with van der Waals surface area (Å²) in [6.07, 6.45) is 0. The van der Waals surface area contributed by atoms with E-state index in [1.165, 1.54) is 20.8 Å². The lowest BCUT2D eigenvalue weighted by molar-refractivity contribution is 0.0325. The molecule has 0 aromatic carbocycles. The Morgan fingerprint density at radius 1 is 0.330 bits per heavy atom. The maximum Gasteiger partial charge on any atom is 0.182 e. The summed E-state index contributed by atoms with van der Waals surface area (Å²) in [5.41, 5.74) is 3.47. The van der Waals surface area contributed by atoms with Gasteiger partial charge in [-0.05, 0) is 268 Å². The van der Waals surface area contributed by atoms with Crippen molar-refractivity contribution in [2.45, 2.75) is 377 Å². The molecule has 0 radical (unpaired) electrons. The first-order chi connectivity index (χ1) is 42.2. The summed E-state index contributed by atoms with van der Waals surface area (Å²) in [4.78, 5) is 40.3. The second kappa shape index (κ2) is 28.9. The van der Waals surface area contributed by atoms with Crippen molar-refractivity contribution in [3.63, 3.8) is 0 Å². The quantitative estimate of drug-likeness (QED) is 0.231. The third-order valence-corrected chi connectivity index (χ3v) is 31.1. The largest absolute Gasteiger partial charge is 0.473 e. The van der Waals surface area contributed by atoms with E-state index >= 15 is 0 Å². The summed E-state index contributed by atoms with van der Waals surface area (Å²) in [7, 11) is 12.4. The third-order valence-electron chi connectivity index (χ3n) is 26.8. The maximum absolute atomic E-state index is 5.61. The van der Waals surface area contributed by atoms with Crippen molar-refractivity contribution in [2.24, 2.45) is 40.8 Å². The molecule has 0 atom stereocenters. The topological polar surface area (TPSA) is 112 Å². The predicted octanol–water partition coefficient (Wildman–Crippen LogP) is 20.8. The van der Waals surface area contributed by atoms with Gasteiger partial charge in [-0.15, -0.1) is 35.3 Å². The van der Waals surface area contributed by atoms with Crippen molar-refractivity contribution >= 4 is 68.7 Å². The Hall–Kier alpha value is -3.57. The summed E-state index contributed by atoms with van der Waals surface area (Å²) < 4.78 is 11.9. The Kier molecular flexibility index (Phi) is 27.3. The predicted molar refractivity (Wildman–Crippen MR) is 440 cm³/mol. The third kappa shape index (κ3) is 18.4. The van der Waals surface area contributed by atoms with Gasteiger partial charge in [-0.25, -0.2) is 4.99 Å². The monoisotopic (exact) mass is 1410 g/mol. The molecule has 0 aromatic heterocycles. The minimum Gasteiger partial charge on any atom is -0.473 e. The molecule has 0 bridgehead atoms. The van der Waals surface area contributed by atoms with Crippen LogP contribution in [0.3, 0.4) is 0 Å². The standard InChI is InChI=1S/C11H21N.C10H20N2.C9H18N2.C9H17NO.C9H17NS.C8H14N2.C8H15NO.2C8H15NS/c1-8-9(2,3)10(4,5)11(6,7)12-8;1-8-11(6)9(2,3)10(4,5)12(8)7;1-7-10-8(2,3)9(4,5)11(7)6;2*1-7-10(6)8(2,3)9(4,5)11-7;1-6-8(3,4)9-7(2)10(6)5;3*1-6-9-7(2,3)8(4,5)10-6/h1-7H3;1H2,2-7H3;1-6H3;2*1H2,2-6H3;1H2,2-5H3;3*1-5H3. The van der Waals surface area contributed by atoms with Crippen LogP contribution < -0.4 is 0 Å². The van der Waals surface area contributed by atoms with Crippen LogP contribution in [-0.2, 0) is 9.47 Å². The average Bonchev–Trinajstić information content (AvgIpc) is 1.60. The highest BCUT2D eigenvalue weighted by Gasteiger charge is 2.56. The molecule has 0 unspecified atom stereocenters. The Balaban J connectivity index is 0.000000546. The lowest BCUT2D eigenvalue weighted by atomic mass is 9.60. The maximum atomic E-state index is 5.61. The lowest BCUT2D eigenvalue weighted by Crippen LogP contribution is -2.52. The van der Waals surface area contributed by atoms with Crippen molar-refractivity contribution in [3.8, 4) is 0 Å². The van der Waals surface area contributed by atoms with Gasteiger partial charge >= 0.3 is 0 Å². The second-order valence-electron chi connectivity index (χ2n) is 37.4. The van der Waals surface area contributed by atoms with Crippen molar-refractivity contribution in [2.75, 3.05) is 42.3 Å². The molecule has 0 amide bonds. The number of thioether (sulfide) groups is 3. The highest BCUT2D eigenvalue weighted by atomic mass is 32.2. The van der Waals surface area contributed by atoms with Gasteiger partial charge in [0.05, 0.1) is 82.2 Å². The molecule has 0 aromatic rings. The fourth-order valence-electron chi connectivity index (χ4n) is 11.7. The smallest absolute Gasteiger partial charge is 0.182 e. The molecule has 9 aliphatic heterocycles. The molecule has 3 fully saturated rings. The van der Waals surface area contributed by atoms with Crippen LogP contribution in [0.25, 0.3) is 0 Å². The highest BCUT2D eigenvalue weighted by molar-refractivity contribution is 8.15. The van der Waals surface area contributed by atoms with E-state index in [-0.39, 0.29) is 97.2 Å². The van der Waals surface area contributed by atoms with Crippen molar-refractivity contribution in [3.05, 3.63) is 48.7 Å². The molecular formula is C80H152N12O2S3. The van der Waals surface area contributed by atoms with Crippen LogP contribution in [0.15, 0.2) is 78.7 Å².